The molecule has 0 radical (unpaired) electrons. The van der Waals surface area contributed by atoms with Gasteiger partial charge in [0.1, 0.15) is 0 Å². The van der Waals surface area contributed by atoms with Gasteiger partial charge in [-0.3, -0.25) is 0 Å². The minimum Gasteiger partial charge on any atom is -0.353 e. The number of carbonyl (C=O) groups excluding carboxylic acids is 1. The van der Waals surface area contributed by atoms with Crippen LogP contribution in [0.15, 0.2) is 60.8 Å². The fourth-order valence-electron chi connectivity index (χ4n) is 4.06. The molecule has 1 aliphatic rings. The van der Waals surface area contributed by atoms with Crippen LogP contribution >= 0.6 is 23.2 Å². The van der Waals surface area contributed by atoms with Gasteiger partial charge in [-0.15, -0.1) is 0 Å². The summed E-state index contributed by atoms with van der Waals surface area (Å²) < 4.78 is 2.14. The van der Waals surface area contributed by atoms with Crippen molar-refractivity contribution in [3.8, 4) is 0 Å². The first kappa shape index (κ1) is 20.0. The van der Waals surface area contributed by atoms with Gasteiger partial charge in [-0.1, -0.05) is 35.3 Å². The molecule has 158 valence electrons. The van der Waals surface area contributed by atoms with Gasteiger partial charge in [0.2, 0.25) is 0 Å². The highest BCUT2D eigenvalue weighted by Gasteiger charge is 2.22. The van der Waals surface area contributed by atoms with E-state index in [0.29, 0.717) is 35.4 Å². The van der Waals surface area contributed by atoms with Gasteiger partial charge >= 0.3 is 6.03 Å². The highest BCUT2D eigenvalue weighted by molar-refractivity contribution is 6.33. The van der Waals surface area contributed by atoms with Gasteiger partial charge in [0, 0.05) is 37.4 Å². The SMILES string of the molecule is O=C(Nc1ccccc1Cl)N1CCCN(c2nc3cc(Cl)ccc3n3cccc23)CC1. The molecule has 1 N–H and O–H groups in total. The van der Waals surface area contributed by atoms with Gasteiger partial charge in [0.25, 0.3) is 0 Å². The molecule has 3 heterocycles. The number of carbonyl (C=O) groups is 1. The van der Waals surface area contributed by atoms with Crippen LogP contribution in [0.3, 0.4) is 0 Å². The van der Waals surface area contributed by atoms with Crippen LogP contribution in [0.1, 0.15) is 6.42 Å². The van der Waals surface area contributed by atoms with Crippen molar-refractivity contribution < 1.29 is 4.79 Å². The molecule has 0 unspecified atom stereocenters. The number of nitrogens with one attached hydrogen (secondary N) is 1. The summed E-state index contributed by atoms with van der Waals surface area (Å²) in [5.41, 5.74) is 3.54. The van der Waals surface area contributed by atoms with E-state index in [1.54, 1.807) is 12.1 Å². The average molecular weight is 454 g/mol. The molecule has 1 aliphatic heterocycles. The number of hydrogen-bond acceptors (Lipinski definition) is 3. The van der Waals surface area contributed by atoms with Crippen LogP contribution in [0.25, 0.3) is 16.6 Å². The van der Waals surface area contributed by atoms with Crippen molar-refractivity contribution in [2.75, 3.05) is 36.4 Å². The molecule has 0 aliphatic carbocycles. The molecule has 1 fully saturated rings. The quantitative estimate of drug-likeness (QED) is 0.433. The van der Waals surface area contributed by atoms with E-state index in [9.17, 15) is 4.79 Å². The number of halogens is 2. The van der Waals surface area contributed by atoms with Crippen molar-refractivity contribution in [1.29, 1.82) is 0 Å². The fraction of sp³-hybridized carbons (Fsp3) is 0.217. The summed E-state index contributed by atoms with van der Waals surface area (Å²) in [5, 5.41) is 4.11. The third kappa shape index (κ3) is 3.89. The zero-order valence-corrected chi connectivity index (χ0v) is 18.3. The smallest absolute Gasteiger partial charge is 0.321 e. The number of para-hydroxylation sites is 1. The van der Waals surface area contributed by atoms with Gasteiger partial charge in [0.05, 0.1) is 27.3 Å². The third-order valence-electron chi connectivity index (χ3n) is 5.60. The Balaban J connectivity index is 1.39. The van der Waals surface area contributed by atoms with E-state index in [-0.39, 0.29) is 6.03 Å². The molecule has 6 nitrogen and oxygen atoms in total. The Hall–Kier alpha value is -2.96. The molecule has 2 aromatic heterocycles. The maximum atomic E-state index is 12.8. The highest BCUT2D eigenvalue weighted by atomic mass is 35.5. The van der Waals surface area contributed by atoms with Crippen LogP contribution in [-0.2, 0) is 0 Å². The third-order valence-corrected chi connectivity index (χ3v) is 6.16. The van der Waals surface area contributed by atoms with E-state index in [2.05, 4.69) is 20.7 Å². The van der Waals surface area contributed by atoms with E-state index in [1.165, 1.54) is 0 Å². The summed E-state index contributed by atoms with van der Waals surface area (Å²) in [4.78, 5) is 21.8. The number of aromatic nitrogens is 2. The van der Waals surface area contributed by atoms with Gasteiger partial charge in [-0.25, -0.2) is 9.78 Å². The Labute approximate surface area is 190 Å². The van der Waals surface area contributed by atoms with Crippen molar-refractivity contribution in [3.05, 3.63) is 70.8 Å². The van der Waals surface area contributed by atoms with Gasteiger partial charge in [-0.2, -0.15) is 0 Å². The van der Waals surface area contributed by atoms with Crippen molar-refractivity contribution in [2.24, 2.45) is 0 Å². The number of rotatable bonds is 2. The molecule has 0 spiro atoms. The molecule has 1 saturated heterocycles. The average Bonchev–Trinajstić information content (AvgIpc) is 3.12. The second-order valence-corrected chi connectivity index (χ2v) is 8.41. The van der Waals surface area contributed by atoms with Crippen molar-refractivity contribution >= 4 is 57.3 Å². The summed E-state index contributed by atoms with van der Waals surface area (Å²) in [6.07, 6.45) is 2.88. The number of fused-ring (bicyclic) bond motifs is 3. The Morgan fingerprint density at radius 3 is 2.68 bits per heavy atom. The lowest BCUT2D eigenvalue weighted by Gasteiger charge is -2.24. The zero-order chi connectivity index (χ0) is 21.4. The van der Waals surface area contributed by atoms with Crippen LogP contribution in [0.5, 0.6) is 0 Å². The number of urea groups is 1. The van der Waals surface area contributed by atoms with Crippen LogP contribution in [0.4, 0.5) is 16.3 Å². The fourth-order valence-corrected chi connectivity index (χ4v) is 4.41. The maximum Gasteiger partial charge on any atom is 0.321 e. The molecule has 4 aromatic rings. The number of nitrogens with zero attached hydrogens (tertiary/aromatic N) is 4. The molecular weight excluding hydrogens is 433 g/mol. The van der Waals surface area contributed by atoms with E-state index in [1.807, 2.05) is 47.5 Å². The first-order valence-electron chi connectivity index (χ1n) is 10.2. The van der Waals surface area contributed by atoms with Crippen molar-refractivity contribution in [2.45, 2.75) is 6.42 Å². The van der Waals surface area contributed by atoms with Gasteiger partial charge in [0.15, 0.2) is 5.82 Å². The largest absolute Gasteiger partial charge is 0.353 e. The van der Waals surface area contributed by atoms with Crippen molar-refractivity contribution in [1.82, 2.24) is 14.3 Å². The first-order valence-corrected chi connectivity index (χ1v) is 11.0. The van der Waals surface area contributed by atoms with E-state index in [0.717, 1.165) is 35.3 Å². The molecule has 0 saturated carbocycles. The van der Waals surface area contributed by atoms with Crippen LogP contribution in [0, 0.1) is 0 Å². The van der Waals surface area contributed by atoms with Crippen LogP contribution in [-0.4, -0.2) is 46.5 Å². The Morgan fingerprint density at radius 1 is 0.935 bits per heavy atom. The maximum absolute atomic E-state index is 12.8. The Morgan fingerprint density at radius 2 is 1.81 bits per heavy atom. The normalized spacial score (nSPS) is 14.8. The standard InChI is InChI=1S/C23H21Cl2N5O/c24-16-8-9-20-19(15-16)26-22(21-7-3-12-30(20)21)28-10-4-11-29(14-13-28)23(31)27-18-6-2-1-5-17(18)25/h1-3,5-9,12,15H,4,10-11,13-14H2,(H,27,31). The summed E-state index contributed by atoms with van der Waals surface area (Å²) in [7, 11) is 0. The zero-order valence-electron chi connectivity index (χ0n) is 16.8. The lowest BCUT2D eigenvalue weighted by molar-refractivity contribution is 0.215. The molecular formula is C23H21Cl2N5O. The molecule has 2 amide bonds. The Kier molecular flexibility index (Phi) is 5.34. The lowest BCUT2D eigenvalue weighted by Crippen LogP contribution is -2.38. The van der Waals surface area contributed by atoms with E-state index < -0.39 is 0 Å². The van der Waals surface area contributed by atoms with Crippen LogP contribution in [0.2, 0.25) is 10.0 Å². The van der Waals surface area contributed by atoms with Gasteiger partial charge < -0.3 is 19.5 Å². The second-order valence-electron chi connectivity index (χ2n) is 7.57. The number of amides is 2. The van der Waals surface area contributed by atoms with Gasteiger partial charge in [-0.05, 0) is 48.9 Å². The van der Waals surface area contributed by atoms with E-state index >= 15 is 0 Å². The summed E-state index contributed by atoms with van der Waals surface area (Å²) in [6.45, 7) is 2.77. The molecule has 2 aromatic carbocycles. The number of benzene rings is 2. The molecule has 8 heteroatoms. The highest BCUT2D eigenvalue weighted by Crippen LogP contribution is 2.28. The summed E-state index contributed by atoms with van der Waals surface area (Å²) in [6, 6.07) is 17.0. The second kappa shape index (κ2) is 8.29. The predicted molar refractivity (Wildman–Crippen MR) is 127 cm³/mol. The van der Waals surface area contributed by atoms with Crippen molar-refractivity contribution in [3.63, 3.8) is 0 Å². The number of anilines is 2. The van der Waals surface area contributed by atoms with Crippen LogP contribution < -0.4 is 10.2 Å². The Bertz CT molecular complexity index is 1270. The number of hydrogen-bond donors (Lipinski definition) is 1. The molecule has 0 bridgehead atoms. The minimum absolute atomic E-state index is 0.138. The first-order chi connectivity index (χ1) is 15.1. The van der Waals surface area contributed by atoms with E-state index in [4.69, 9.17) is 28.2 Å². The lowest BCUT2D eigenvalue weighted by atomic mass is 10.2. The predicted octanol–water partition coefficient (Wildman–Crippen LogP) is 5.54. The topological polar surface area (TPSA) is 52.9 Å². The molecule has 31 heavy (non-hydrogen) atoms. The molecule has 5 rings (SSSR count). The monoisotopic (exact) mass is 453 g/mol. The summed E-state index contributed by atoms with van der Waals surface area (Å²) in [5.74, 6) is 0.910. The molecule has 0 atom stereocenters. The summed E-state index contributed by atoms with van der Waals surface area (Å²) >= 11 is 12.4. The minimum atomic E-state index is -0.138.